The van der Waals surface area contributed by atoms with E-state index in [1.165, 1.54) is 0 Å². The molecule has 1 saturated heterocycles. The van der Waals surface area contributed by atoms with Gasteiger partial charge in [-0.05, 0) is 19.4 Å². The first kappa shape index (κ1) is 13.9. The lowest BCUT2D eigenvalue weighted by atomic mass is 10.2. The quantitative estimate of drug-likeness (QED) is 0.567. The van der Waals surface area contributed by atoms with E-state index < -0.39 is 5.91 Å². The molecule has 1 aliphatic rings. The van der Waals surface area contributed by atoms with Gasteiger partial charge in [-0.2, -0.15) is 0 Å². The van der Waals surface area contributed by atoms with Gasteiger partial charge in [0.15, 0.2) is 0 Å². The Bertz CT molecular complexity index is 265. The van der Waals surface area contributed by atoms with Gasteiger partial charge in [0.25, 0.3) is 0 Å². The lowest BCUT2D eigenvalue weighted by molar-refractivity contribution is -0.137. The Hall–Kier alpha value is -1.14. The van der Waals surface area contributed by atoms with E-state index in [0.717, 1.165) is 19.5 Å². The van der Waals surface area contributed by atoms with Crippen molar-refractivity contribution in [2.24, 2.45) is 5.73 Å². The smallest absolute Gasteiger partial charge is 0.237 e. The van der Waals surface area contributed by atoms with Crippen molar-refractivity contribution in [3.8, 4) is 0 Å². The molecule has 17 heavy (non-hydrogen) atoms. The third kappa shape index (κ3) is 4.70. The lowest BCUT2D eigenvalue weighted by Crippen LogP contribution is -2.46. The zero-order valence-corrected chi connectivity index (χ0v) is 10.3. The average molecular weight is 243 g/mol. The highest BCUT2D eigenvalue weighted by Crippen LogP contribution is 2.10. The van der Waals surface area contributed by atoms with Gasteiger partial charge in [0.2, 0.25) is 11.8 Å². The third-order valence-electron chi connectivity index (χ3n) is 2.86. The minimum atomic E-state index is -0.461. The van der Waals surface area contributed by atoms with Gasteiger partial charge in [-0.1, -0.05) is 0 Å². The Kier molecular flexibility index (Phi) is 5.93. The fourth-order valence-corrected chi connectivity index (χ4v) is 2.01. The van der Waals surface area contributed by atoms with Gasteiger partial charge in [0.1, 0.15) is 0 Å². The molecule has 0 bridgehead atoms. The van der Waals surface area contributed by atoms with Gasteiger partial charge >= 0.3 is 0 Å². The van der Waals surface area contributed by atoms with Gasteiger partial charge < -0.3 is 20.7 Å². The van der Waals surface area contributed by atoms with E-state index in [2.05, 4.69) is 5.32 Å². The molecule has 1 fully saturated rings. The SMILES string of the molecule is COCCCC(=O)N(CC(N)=O)C1CCNC1. The highest BCUT2D eigenvalue weighted by Gasteiger charge is 2.27. The fraction of sp³-hybridized carbons (Fsp3) is 0.818. The molecule has 0 aliphatic carbocycles. The number of nitrogens with two attached hydrogens (primary N) is 1. The molecule has 1 rings (SSSR count). The van der Waals surface area contributed by atoms with Crippen molar-refractivity contribution < 1.29 is 14.3 Å². The Balaban J connectivity index is 2.48. The van der Waals surface area contributed by atoms with Crippen LogP contribution in [0.25, 0.3) is 0 Å². The maximum absolute atomic E-state index is 12.0. The van der Waals surface area contributed by atoms with Gasteiger partial charge in [-0.3, -0.25) is 9.59 Å². The standard InChI is InChI=1S/C11H21N3O3/c1-17-6-2-3-11(16)14(8-10(12)15)9-4-5-13-7-9/h9,13H,2-8H2,1H3,(H2,12,15). The van der Waals surface area contributed by atoms with Crippen LogP contribution < -0.4 is 11.1 Å². The number of amides is 2. The second-order valence-corrected chi connectivity index (χ2v) is 4.23. The van der Waals surface area contributed by atoms with Crippen LogP contribution in [0.4, 0.5) is 0 Å². The van der Waals surface area contributed by atoms with Crippen LogP contribution in [0, 0.1) is 0 Å². The third-order valence-corrected chi connectivity index (χ3v) is 2.86. The number of hydrogen-bond donors (Lipinski definition) is 2. The van der Waals surface area contributed by atoms with E-state index in [1.807, 2.05) is 0 Å². The number of hydrogen-bond acceptors (Lipinski definition) is 4. The molecule has 1 unspecified atom stereocenters. The number of primary amides is 1. The number of nitrogens with one attached hydrogen (secondary N) is 1. The lowest BCUT2D eigenvalue weighted by Gasteiger charge is -2.27. The van der Waals surface area contributed by atoms with Crippen molar-refractivity contribution in [1.29, 1.82) is 0 Å². The molecular formula is C11H21N3O3. The summed E-state index contributed by atoms with van der Waals surface area (Å²) in [7, 11) is 1.60. The first-order chi connectivity index (χ1) is 8.15. The molecule has 6 nitrogen and oxygen atoms in total. The molecule has 0 aromatic rings. The Morgan fingerprint density at radius 1 is 1.53 bits per heavy atom. The Morgan fingerprint density at radius 2 is 2.29 bits per heavy atom. The predicted octanol–water partition coefficient (Wildman–Crippen LogP) is -0.911. The van der Waals surface area contributed by atoms with Crippen LogP contribution in [0.15, 0.2) is 0 Å². The molecule has 0 aromatic heterocycles. The molecule has 98 valence electrons. The van der Waals surface area contributed by atoms with Crippen LogP contribution in [0.5, 0.6) is 0 Å². The van der Waals surface area contributed by atoms with Crippen LogP contribution in [-0.4, -0.2) is 56.1 Å². The average Bonchev–Trinajstić information content (AvgIpc) is 2.79. The van der Waals surface area contributed by atoms with Crippen molar-refractivity contribution >= 4 is 11.8 Å². The van der Waals surface area contributed by atoms with Crippen LogP contribution in [-0.2, 0) is 14.3 Å². The molecular weight excluding hydrogens is 222 g/mol. The molecule has 2 amide bonds. The zero-order chi connectivity index (χ0) is 12.7. The maximum Gasteiger partial charge on any atom is 0.237 e. The van der Waals surface area contributed by atoms with E-state index >= 15 is 0 Å². The van der Waals surface area contributed by atoms with E-state index in [-0.39, 0.29) is 18.5 Å². The summed E-state index contributed by atoms with van der Waals surface area (Å²) in [4.78, 5) is 24.6. The molecule has 1 atom stereocenters. The number of carbonyl (C=O) groups excluding carboxylic acids is 2. The van der Waals surface area contributed by atoms with Crippen molar-refractivity contribution in [3.05, 3.63) is 0 Å². The summed E-state index contributed by atoms with van der Waals surface area (Å²) in [6.45, 7) is 2.19. The largest absolute Gasteiger partial charge is 0.385 e. The molecule has 0 radical (unpaired) electrons. The zero-order valence-electron chi connectivity index (χ0n) is 10.3. The van der Waals surface area contributed by atoms with Gasteiger partial charge in [0.05, 0.1) is 6.54 Å². The molecule has 1 aliphatic heterocycles. The Labute approximate surface area is 101 Å². The highest BCUT2D eigenvalue weighted by molar-refractivity contribution is 5.84. The van der Waals surface area contributed by atoms with Crippen LogP contribution in [0.2, 0.25) is 0 Å². The topological polar surface area (TPSA) is 84.7 Å². The van der Waals surface area contributed by atoms with Crippen LogP contribution in [0.1, 0.15) is 19.3 Å². The van der Waals surface area contributed by atoms with E-state index in [4.69, 9.17) is 10.5 Å². The second-order valence-electron chi connectivity index (χ2n) is 4.23. The number of ether oxygens (including phenoxy) is 1. The number of nitrogens with zero attached hydrogens (tertiary/aromatic N) is 1. The van der Waals surface area contributed by atoms with Gasteiger partial charge in [-0.25, -0.2) is 0 Å². The van der Waals surface area contributed by atoms with Gasteiger partial charge in [-0.15, -0.1) is 0 Å². The minimum Gasteiger partial charge on any atom is -0.385 e. The first-order valence-electron chi connectivity index (χ1n) is 5.92. The minimum absolute atomic E-state index is 0.0121. The monoisotopic (exact) mass is 243 g/mol. The summed E-state index contributed by atoms with van der Waals surface area (Å²) in [5, 5.41) is 3.18. The maximum atomic E-state index is 12.0. The van der Waals surface area contributed by atoms with E-state index in [1.54, 1.807) is 12.0 Å². The summed E-state index contributed by atoms with van der Waals surface area (Å²) in [5.74, 6) is -0.480. The summed E-state index contributed by atoms with van der Waals surface area (Å²) in [6.07, 6.45) is 1.95. The number of rotatable bonds is 7. The normalized spacial score (nSPS) is 19.2. The second kappa shape index (κ2) is 7.24. The molecule has 1 heterocycles. The first-order valence-corrected chi connectivity index (χ1v) is 5.92. The summed E-state index contributed by atoms with van der Waals surface area (Å²) >= 11 is 0. The predicted molar refractivity (Wildman–Crippen MR) is 63.3 cm³/mol. The number of methoxy groups -OCH3 is 1. The van der Waals surface area contributed by atoms with Crippen molar-refractivity contribution in [1.82, 2.24) is 10.2 Å². The van der Waals surface area contributed by atoms with Crippen LogP contribution >= 0.6 is 0 Å². The Morgan fingerprint density at radius 3 is 2.82 bits per heavy atom. The molecule has 0 saturated carbocycles. The van der Waals surface area contributed by atoms with Crippen molar-refractivity contribution in [2.45, 2.75) is 25.3 Å². The van der Waals surface area contributed by atoms with E-state index in [0.29, 0.717) is 19.4 Å². The van der Waals surface area contributed by atoms with Crippen molar-refractivity contribution in [3.63, 3.8) is 0 Å². The van der Waals surface area contributed by atoms with Crippen molar-refractivity contribution in [2.75, 3.05) is 33.4 Å². The van der Waals surface area contributed by atoms with Gasteiger partial charge in [0, 0.05) is 32.7 Å². The number of carbonyl (C=O) groups is 2. The van der Waals surface area contributed by atoms with Crippen LogP contribution in [0.3, 0.4) is 0 Å². The summed E-state index contributed by atoms with van der Waals surface area (Å²) in [6, 6.07) is 0.0949. The summed E-state index contributed by atoms with van der Waals surface area (Å²) < 4.78 is 4.90. The van der Waals surface area contributed by atoms with E-state index in [9.17, 15) is 9.59 Å². The molecule has 3 N–H and O–H groups in total. The fourth-order valence-electron chi connectivity index (χ4n) is 2.01. The summed E-state index contributed by atoms with van der Waals surface area (Å²) in [5.41, 5.74) is 5.18. The molecule has 0 aromatic carbocycles. The highest BCUT2D eigenvalue weighted by atomic mass is 16.5. The molecule has 0 spiro atoms. The molecule has 6 heteroatoms.